The van der Waals surface area contributed by atoms with E-state index in [1.807, 2.05) is 0 Å². The van der Waals surface area contributed by atoms with Gasteiger partial charge in [0.1, 0.15) is 0 Å². The number of fused-ring (bicyclic) bond motifs is 2. The standard InChI is InChI=1S/C18H36N2/c1-13(2)19(17(3,4)5)16-11-14-9-10-15(12-16)20(14)18(6,7)8/h13-16H,9-12H2,1-8H3. The highest BCUT2D eigenvalue weighted by Crippen LogP contribution is 2.43. The minimum absolute atomic E-state index is 0.280. The second kappa shape index (κ2) is 5.28. The van der Waals surface area contributed by atoms with E-state index < -0.39 is 0 Å². The molecule has 2 aliphatic rings. The number of hydrogen-bond acceptors (Lipinski definition) is 2. The lowest BCUT2D eigenvalue weighted by molar-refractivity contribution is -0.0358. The first-order valence-electron chi connectivity index (χ1n) is 8.58. The molecule has 2 nitrogen and oxygen atoms in total. The monoisotopic (exact) mass is 280 g/mol. The van der Waals surface area contributed by atoms with Crippen LogP contribution in [0.15, 0.2) is 0 Å². The molecule has 2 heterocycles. The molecule has 0 saturated carbocycles. The second-order valence-electron chi connectivity index (χ2n) is 9.26. The van der Waals surface area contributed by atoms with Crippen molar-refractivity contribution >= 4 is 0 Å². The summed E-state index contributed by atoms with van der Waals surface area (Å²) in [6.07, 6.45) is 5.55. The van der Waals surface area contributed by atoms with Crippen LogP contribution in [-0.4, -0.2) is 45.0 Å². The molecule has 2 heteroatoms. The van der Waals surface area contributed by atoms with E-state index in [0.29, 0.717) is 11.6 Å². The van der Waals surface area contributed by atoms with Crippen LogP contribution in [0.25, 0.3) is 0 Å². The average molecular weight is 280 g/mol. The zero-order chi connectivity index (χ0) is 15.3. The average Bonchev–Trinajstić information content (AvgIpc) is 2.48. The Labute approximate surface area is 126 Å². The van der Waals surface area contributed by atoms with Gasteiger partial charge < -0.3 is 0 Å². The lowest BCUT2D eigenvalue weighted by atomic mass is 9.87. The van der Waals surface area contributed by atoms with Crippen molar-refractivity contribution in [2.45, 2.75) is 116 Å². The Morgan fingerprint density at radius 1 is 0.900 bits per heavy atom. The normalized spacial score (nSPS) is 32.4. The van der Waals surface area contributed by atoms with Gasteiger partial charge in [-0.25, -0.2) is 0 Å². The van der Waals surface area contributed by atoms with Gasteiger partial charge in [0.05, 0.1) is 0 Å². The van der Waals surface area contributed by atoms with Crippen molar-refractivity contribution in [3.05, 3.63) is 0 Å². The number of piperidine rings is 1. The summed E-state index contributed by atoms with van der Waals surface area (Å²) in [6.45, 7) is 19.0. The summed E-state index contributed by atoms with van der Waals surface area (Å²) in [5.74, 6) is 0. The first kappa shape index (κ1) is 16.3. The van der Waals surface area contributed by atoms with Gasteiger partial charge in [-0.2, -0.15) is 0 Å². The Hall–Kier alpha value is -0.0800. The molecule has 0 aromatic heterocycles. The van der Waals surface area contributed by atoms with Crippen molar-refractivity contribution in [2.24, 2.45) is 0 Å². The summed E-state index contributed by atoms with van der Waals surface area (Å²) in [4.78, 5) is 5.60. The Morgan fingerprint density at radius 3 is 1.65 bits per heavy atom. The van der Waals surface area contributed by atoms with Crippen molar-refractivity contribution in [2.75, 3.05) is 0 Å². The summed E-state index contributed by atoms with van der Waals surface area (Å²) < 4.78 is 0. The molecule has 0 spiro atoms. The third-order valence-electron chi connectivity index (χ3n) is 5.21. The van der Waals surface area contributed by atoms with Gasteiger partial charge in [-0.05, 0) is 81.1 Å². The maximum atomic E-state index is 2.82. The van der Waals surface area contributed by atoms with Crippen LogP contribution in [0.2, 0.25) is 0 Å². The highest BCUT2D eigenvalue weighted by molar-refractivity contribution is 5.04. The van der Waals surface area contributed by atoms with Crippen molar-refractivity contribution in [3.8, 4) is 0 Å². The minimum Gasteiger partial charge on any atom is -0.293 e. The maximum Gasteiger partial charge on any atom is 0.0133 e. The smallest absolute Gasteiger partial charge is 0.0133 e. The molecule has 0 aromatic carbocycles. The van der Waals surface area contributed by atoms with Gasteiger partial charge in [0, 0.05) is 35.2 Å². The molecule has 2 saturated heterocycles. The molecule has 0 radical (unpaired) electrons. The number of hydrogen-bond donors (Lipinski definition) is 0. The first-order chi connectivity index (χ1) is 9.01. The Bertz CT molecular complexity index is 320. The Kier molecular flexibility index (Phi) is 4.30. The zero-order valence-electron chi connectivity index (χ0n) is 15.0. The van der Waals surface area contributed by atoms with E-state index in [9.17, 15) is 0 Å². The third-order valence-corrected chi connectivity index (χ3v) is 5.21. The molecule has 2 rings (SSSR count). The molecule has 2 unspecified atom stereocenters. The van der Waals surface area contributed by atoms with Crippen LogP contribution in [0.1, 0.15) is 81.1 Å². The molecule has 0 amide bonds. The van der Waals surface area contributed by atoms with Gasteiger partial charge in [0.2, 0.25) is 0 Å². The van der Waals surface area contributed by atoms with Crippen molar-refractivity contribution in [1.29, 1.82) is 0 Å². The first-order valence-corrected chi connectivity index (χ1v) is 8.58. The van der Waals surface area contributed by atoms with Gasteiger partial charge >= 0.3 is 0 Å². The van der Waals surface area contributed by atoms with Gasteiger partial charge in [-0.15, -0.1) is 0 Å². The molecule has 2 fully saturated rings. The van der Waals surface area contributed by atoms with E-state index in [-0.39, 0.29) is 5.54 Å². The molecule has 20 heavy (non-hydrogen) atoms. The van der Waals surface area contributed by atoms with E-state index in [1.54, 1.807) is 0 Å². The summed E-state index contributed by atoms with van der Waals surface area (Å²) in [5.41, 5.74) is 0.614. The van der Waals surface area contributed by atoms with E-state index in [0.717, 1.165) is 18.1 Å². The lowest BCUT2D eigenvalue weighted by Gasteiger charge is -2.52. The zero-order valence-corrected chi connectivity index (χ0v) is 15.0. The summed E-state index contributed by atoms with van der Waals surface area (Å²) in [7, 11) is 0. The predicted octanol–water partition coefficient (Wildman–Crippen LogP) is 4.29. The van der Waals surface area contributed by atoms with Crippen LogP contribution in [0.3, 0.4) is 0 Å². The molecule has 2 bridgehead atoms. The van der Waals surface area contributed by atoms with Crippen molar-refractivity contribution in [3.63, 3.8) is 0 Å². The Balaban J connectivity index is 2.16. The van der Waals surface area contributed by atoms with Crippen molar-refractivity contribution < 1.29 is 0 Å². The molecule has 0 aliphatic carbocycles. The van der Waals surface area contributed by atoms with E-state index in [2.05, 4.69) is 65.2 Å². The SMILES string of the molecule is CC(C)N(C1CC2CCC(C1)N2C(C)(C)C)C(C)(C)C. The number of nitrogens with zero attached hydrogens (tertiary/aromatic N) is 2. The highest BCUT2D eigenvalue weighted by Gasteiger charge is 2.47. The van der Waals surface area contributed by atoms with Crippen LogP contribution in [0, 0.1) is 0 Å². The minimum atomic E-state index is 0.280. The number of rotatable bonds is 2. The largest absolute Gasteiger partial charge is 0.293 e. The van der Waals surface area contributed by atoms with E-state index >= 15 is 0 Å². The fourth-order valence-electron chi connectivity index (χ4n) is 5.21. The van der Waals surface area contributed by atoms with Crippen LogP contribution in [-0.2, 0) is 0 Å². The summed E-state index contributed by atoms with van der Waals surface area (Å²) in [6, 6.07) is 3.02. The lowest BCUT2D eigenvalue weighted by Crippen LogP contribution is -2.60. The second-order valence-corrected chi connectivity index (χ2v) is 9.26. The fourth-order valence-corrected chi connectivity index (χ4v) is 5.21. The highest BCUT2D eigenvalue weighted by atomic mass is 15.3. The van der Waals surface area contributed by atoms with Crippen LogP contribution in [0.4, 0.5) is 0 Å². The van der Waals surface area contributed by atoms with Crippen LogP contribution < -0.4 is 0 Å². The van der Waals surface area contributed by atoms with E-state index in [1.165, 1.54) is 25.7 Å². The molecule has 118 valence electrons. The summed E-state index contributed by atoms with van der Waals surface area (Å²) >= 11 is 0. The molecule has 0 aromatic rings. The van der Waals surface area contributed by atoms with Gasteiger partial charge in [-0.1, -0.05) is 0 Å². The predicted molar refractivity (Wildman–Crippen MR) is 88.2 cm³/mol. The molecular weight excluding hydrogens is 244 g/mol. The quantitative estimate of drug-likeness (QED) is 0.744. The summed E-state index contributed by atoms with van der Waals surface area (Å²) in [5, 5.41) is 0. The van der Waals surface area contributed by atoms with E-state index in [4.69, 9.17) is 0 Å². The Morgan fingerprint density at radius 2 is 1.35 bits per heavy atom. The molecule has 2 atom stereocenters. The van der Waals surface area contributed by atoms with Gasteiger partial charge in [0.25, 0.3) is 0 Å². The molecule has 2 aliphatic heterocycles. The third kappa shape index (κ3) is 3.06. The fraction of sp³-hybridized carbons (Fsp3) is 1.00. The van der Waals surface area contributed by atoms with Crippen LogP contribution in [0.5, 0.6) is 0 Å². The van der Waals surface area contributed by atoms with Gasteiger partial charge in [0.15, 0.2) is 0 Å². The molecule has 0 N–H and O–H groups in total. The van der Waals surface area contributed by atoms with Crippen molar-refractivity contribution in [1.82, 2.24) is 9.80 Å². The molecular formula is C18H36N2. The maximum absolute atomic E-state index is 2.82. The topological polar surface area (TPSA) is 6.48 Å². The van der Waals surface area contributed by atoms with Crippen LogP contribution >= 0.6 is 0 Å². The van der Waals surface area contributed by atoms with Gasteiger partial charge in [-0.3, -0.25) is 9.80 Å².